The van der Waals surface area contributed by atoms with Crippen LogP contribution in [0.5, 0.6) is 5.06 Å². The van der Waals surface area contributed by atoms with E-state index in [1.54, 1.807) is 11.3 Å². The molecule has 1 aromatic heterocycles. The highest BCUT2D eigenvalue weighted by Gasteiger charge is 2.03. The molecule has 1 atom stereocenters. The summed E-state index contributed by atoms with van der Waals surface area (Å²) in [7, 11) is 0. The van der Waals surface area contributed by atoms with Gasteiger partial charge in [0.1, 0.15) is 0 Å². The summed E-state index contributed by atoms with van der Waals surface area (Å²) < 4.78 is 5.52. The zero-order valence-corrected chi connectivity index (χ0v) is 9.04. The van der Waals surface area contributed by atoms with Crippen molar-refractivity contribution in [3.05, 3.63) is 17.0 Å². The molecule has 0 bridgehead atoms. The number of hydrogen-bond donors (Lipinski definition) is 0. The number of alkyl halides is 1. The predicted octanol–water partition coefficient (Wildman–Crippen LogP) is 3.57. The Kier molecular flexibility index (Phi) is 3.40. The Hall–Kier alpha value is -0.0200. The second-order valence-corrected chi connectivity index (χ2v) is 4.27. The summed E-state index contributed by atoms with van der Waals surface area (Å²) >= 11 is 5.05. The minimum atomic E-state index is 0.153. The van der Waals surface area contributed by atoms with Crippen LogP contribution in [0.15, 0.2) is 11.4 Å². The van der Waals surface area contributed by atoms with Crippen molar-refractivity contribution in [2.24, 2.45) is 0 Å². The van der Waals surface area contributed by atoms with Gasteiger partial charge in [0.15, 0.2) is 10.1 Å². The zero-order chi connectivity index (χ0) is 8.27. The van der Waals surface area contributed by atoms with E-state index in [0.717, 1.165) is 11.5 Å². The van der Waals surface area contributed by atoms with Crippen LogP contribution < -0.4 is 4.74 Å². The number of halogens is 1. The minimum absolute atomic E-state index is 0.153. The van der Waals surface area contributed by atoms with Crippen molar-refractivity contribution in [2.75, 3.05) is 0 Å². The van der Waals surface area contributed by atoms with Crippen molar-refractivity contribution in [1.29, 1.82) is 0 Å². The van der Waals surface area contributed by atoms with Crippen molar-refractivity contribution in [1.82, 2.24) is 0 Å². The highest BCUT2D eigenvalue weighted by molar-refractivity contribution is 9.09. The van der Waals surface area contributed by atoms with Gasteiger partial charge < -0.3 is 4.74 Å². The number of rotatable bonds is 3. The van der Waals surface area contributed by atoms with Crippen molar-refractivity contribution in [2.45, 2.75) is 25.3 Å². The van der Waals surface area contributed by atoms with Crippen molar-refractivity contribution < 1.29 is 4.74 Å². The Labute approximate surface area is 79.5 Å². The molecule has 62 valence electrons. The highest BCUT2D eigenvalue weighted by atomic mass is 79.9. The maximum atomic E-state index is 5.52. The summed E-state index contributed by atoms with van der Waals surface area (Å²) in [6, 6.07) is 2.05. The monoisotopic (exact) mass is 234 g/mol. The minimum Gasteiger partial charge on any atom is -0.470 e. The van der Waals surface area contributed by atoms with Gasteiger partial charge in [0, 0.05) is 0 Å². The van der Waals surface area contributed by atoms with Crippen molar-refractivity contribution >= 4 is 27.3 Å². The lowest BCUT2D eigenvalue weighted by Crippen LogP contribution is -2.04. The van der Waals surface area contributed by atoms with Gasteiger partial charge >= 0.3 is 0 Å². The molecule has 1 heterocycles. The van der Waals surface area contributed by atoms with E-state index in [-0.39, 0.29) is 5.01 Å². The summed E-state index contributed by atoms with van der Waals surface area (Å²) in [5, 5.41) is 3.23. The van der Waals surface area contributed by atoms with Gasteiger partial charge in [0.25, 0.3) is 0 Å². The van der Waals surface area contributed by atoms with Gasteiger partial charge in [-0.1, -0.05) is 6.92 Å². The lowest BCUT2D eigenvalue weighted by atomic mass is 10.4. The molecule has 1 rings (SSSR count). The van der Waals surface area contributed by atoms with Gasteiger partial charge in [-0.3, -0.25) is 0 Å². The van der Waals surface area contributed by atoms with E-state index in [0.29, 0.717) is 0 Å². The molecule has 0 radical (unpaired) electrons. The van der Waals surface area contributed by atoms with E-state index >= 15 is 0 Å². The quantitative estimate of drug-likeness (QED) is 0.728. The van der Waals surface area contributed by atoms with Gasteiger partial charge in [-0.25, -0.2) is 0 Å². The molecule has 3 heteroatoms. The molecular weight excluding hydrogens is 224 g/mol. The van der Waals surface area contributed by atoms with Crippen LogP contribution >= 0.6 is 27.3 Å². The molecule has 0 aliphatic heterocycles. The Balaban J connectivity index is 2.50. The lowest BCUT2D eigenvalue weighted by Gasteiger charge is -2.07. The first-order valence-corrected chi connectivity index (χ1v) is 5.37. The average Bonchev–Trinajstić information content (AvgIpc) is 2.35. The van der Waals surface area contributed by atoms with Gasteiger partial charge in [-0.15, -0.1) is 11.3 Å². The molecule has 0 aliphatic carbocycles. The molecule has 1 nitrogen and oxygen atoms in total. The van der Waals surface area contributed by atoms with E-state index in [1.165, 1.54) is 5.56 Å². The first-order valence-electron chi connectivity index (χ1n) is 3.58. The first-order chi connectivity index (χ1) is 5.22. The molecule has 0 fully saturated rings. The number of hydrogen-bond acceptors (Lipinski definition) is 2. The summed E-state index contributed by atoms with van der Waals surface area (Å²) in [5.74, 6) is 0. The van der Waals surface area contributed by atoms with Crippen LogP contribution in [0.2, 0.25) is 0 Å². The topological polar surface area (TPSA) is 9.23 Å². The lowest BCUT2D eigenvalue weighted by molar-refractivity contribution is 0.299. The number of aryl methyl sites for hydroxylation is 1. The van der Waals surface area contributed by atoms with Crippen LogP contribution in [-0.4, -0.2) is 5.01 Å². The summed E-state index contributed by atoms with van der Waals surface area (Å²) in [5.41, 5.74) is 1.26. The Morgan fingerprint density at radius 1 is 1.73 bits per heavy atom. The predicted molar refractivity (Wildman–Crippen MR) is 52.7 cm³/mol. The fourth-order valence-corrected chi connectivity index (χ4v) is 1.80. The molecule has 1 unspecified atom stereocenters. The largest absolute Gasteiger partial charge is 0.470 e. The van der Waals surface area contributed by atoms with Crippen LogP contribution in [0.4, 0.5) is 0 Å². The van der Waals surface area contributed by atoms with E-state index in [9.17, 15) is 0 Å². The summed E-state index contributed by atoms with van der Waals surface area (Å²) in [4.78, 5) is 0. The summed E-state index contributed by atoms with van der Waals surface area (Å²) in [6.45, 7) is 4.15. The van der Waals surface area contributed by atoms with Crippen molar-refractivity contribution in [3.8, 4) is 5.06 Å². The van der Waals surface area contributed by atoms with Crippen LogP contribution in [-0.2, 0) is 0 Å². The van der Waals surface area contributed by atoms with E-state index in [2.05, 4.69) is 41.2 Å². The van der Waals surface area contributed by atoms with Crippen LogP contribution in [0, 0.1) is 6.92 Å². The highest BCUT2D eigenvalue weighted by Crippen LogP contribution is 2.25. The number of ether oxygens (including phenoxy) is 1. The van der Waals surface area contributed by atoms with Crippen LogP contribution in [0.1, 0.15) is 18.9 Å². The Bertz CT molecular complexity index is 222. The second-order valence-electron chi connectivity index (χ2n) is 2.38. The second kappa shape index (κ2) is 4.12. The maximum Gasteiger partial charge on any atom is 0.175 e. The average molecular weight is 235 g/mol. The number of thiophene rings is 1. The molecule has 0 saturated carbocycles. The first kappa shape index (κ1) is 9.07. The summed E-state index contributed by atoms with van der Waals surface area (Å²) in [6.07, 6.45) is 0.983. The molecule has 0 saturated heterocycles. The molecule has 0 amide bonds. The van der Waals surface area contributed by atoms with Crippen molar-refractivity contribution in [3.63, 3.8) is 0 Å². The van der Waals surface area contributed by atoms with E-state index in [4.69, 9.17) is 4.74 Å². The smallest absolute Gasteiger partial charge is 0.175 e. The molecule has 1 aromatic rings. The maximum absolute atomic E-state index is 5.52. The van der Waals surface area contributed by atoms with Crippen LogP contribution in [0.3, 0.4) is 0 Å². The van der Waals surface area contributed by atoms with Gasteiger partial charge in [0.05, 0.1) is 0 Å². The fraction of sp³-hybridized carbons (Fsp3) is 0.500. The third-order valence-corrected chi connectivity index (χ3v) is 3.04. The Morgan fingerprint density at radius 2 is 2.45 bits per heavy atom. The molecular formula is C8H11BrOS. The standard InChI is InChI=1S/C8H11BrOS/c1-3-7(9)10-8-4-6(2)5-11-8/h4-5,7H,3H2,1-2H3. The molecule has 0 N–H and O–H groups in total. The molecule has 0 aromatic carbocycles. The molecule has 11 heavy (non-hydrogen) atoms. The third kappa shape index (κ3) is 2.83. The fourth-order valence-electron chi connectivity index (χ4n) is 0.676. The van der Waals surface area contributed by atoms with E-state index in [1.807, 2.05) is 0 Å². The third-order valence-electron chi connectivity index (χ3n) is 1.27. The SMILES string of the molecule is CCC(Br)Oc1cc(C)cs1. The zero-order valence-electron chi connectivity index (χ0n) is 6.63. The molecule has 0 aliphatic rings. The van der Waals surface area contributed by atoms with Gasteiger partial charge in [0.2, 0.25) is 0 Å². The van der Waals surface area contributed by atoms with Gasteiger partial charge in [-0.2, -0.15) is 0 Å². The normalized spacial score (nSPS) is 13.0. The van der Waals surface area contributed by atoms with Gasteiger partial charge in [-0.05, 0) is 46.3 Å². The molecule has 0 spiro atoms. The van der Waals surface area contributed by atoms with Crippen LogP contribution in [0.25, 0.3) is 0 Å². The van der Waals surface area contributed by atoms with E-state index < -0.39 is 0 Å². The Morgan fingerprint density at radius 3 is 2.91 bits per heavy atom.